The van der Waals surface area contributed by atoms with Gasteiger partial charge in [-0.2, -0.15) is 0 Å². The second-order valence-electron chi connectivity index (χ2n) is 7.09. The van der Waals surface area contributed by atoms with Crippen molar-refractivity contribution >= 4 is 12.1 Å². The highest BCUT2D eigenvalue weighted by Crippen LogP contribution is 2.09. The summed E-state index contributed by atoms with van der Waals surface area (Å²) in [5.74, 6) is -1.13. The number of unbranched alkanes of at least 4 members (excludes halogenated alkanes) is 7. The average Bonchev–Trinajstić information content (AvgIpc) is 2.45. The van der Waals surface area contributed by atoms with E-state index >= 15 is 0 Å². The second kappa shape index (κ2) is 13.0. The van der Waals surface area contributed by atoms with Gasteiger partial charge in [0.2, 0.25) is 0 Å². The maximum atomic E-state index is 11.6. The molecule has 0 rings (SSSR count). The van der Waals surface area contributed by atoms with E-state index in [-0.39, 0.29) is 6.61 Å². The fourth-order valence-corrected chi connectivity index (χ4v) is 2.16. The van der Waals surface area contributed by atoms with E-state index < -0.39 is 23.7 Å². The van der Waals surface area contributed by atoms with Gasteiger partial charge < -0.3 is 19.9 Å². The Labute approximate surface area is 146 Å². The van der Waals surface area contributed by atoms with Crippen LogP contribution in [0.2, 0.25) is 0 Å². The molecule has 6 nitrogen and oxygen atoms in total. The predicted molar refractivity (Wildman–Crippen MR) is 94.2 cm³/mol. The van der Waals surface area contributed by atoms with Crippen LogP contribution in [0.1, 0.15) is 79.1 Å². The third-order valence-electron chi connectivity index (χ3n) is 3.42. The molecule has 1 amide bonds. The molecule has 0 heterocycles. The number of carboxylic acids is 1. The van der Waals surface area contributed by atoms with Crippen molar-refractivity contribution in [3.05, 3.63) is 0 Å². The van der Waals surface area contributed by atoms with E-state index in [9.17, 15) is 9.59 Å². The molecule has 0 saturated heterocycles. The lowest BCUT2D eigenvalue weighted by Gasteiger charge is -2.22. The molecule has 0 fully saturated rings. The third kappa shape index (κ3) is 14.3. The fraction of sp³-hybridized carbons (Fsp3) is 0.889. The average molecular weight is 345 g/mol. The van der Waals surface area contributed by atoms with Crippen LogP contribution in [0.5, 0.6) is 0 Å². The number of nitrogens with one attached hydrogen (secondary N) is 1. The molecule has 0 aromatic carbocycles. The number of alkyl carbamates (subject to hydrolysis) is 1. The highest BCUT2D eigenvalue weighted by Gasteiger charge is 2.23. The molecular formula is C18H35NO5. The number of ether oxygens (including phenoxy) is 2. The number of hydrogen-bond donors (Lipinski definition) is 2. The zero-order valence-electron chi connectivity index (χ0n) is 15.7. The Balaban J connectivity index is 3.76. The normalized spacial score (nSPS) is 12.7. The predicted octanol–water partition coefficient (Wildman–Crippen LogP) is 4.12. The van der Waals surface area contributed by atoms with Crippen molar-refractivity contribution in [2.24, 2.45) is 0 Å². The van der Waals surface area contributed by atoms with Crippen LogP contribution in [0.15, 0.2) is 0 Å². The fourth-order valence-electron chi connectivity index (χ4n) is 2.16. The van der Waals surface area contributed by atoms with Crippen LogP contribution in [0.3, 0.4) is 0 Å². The number of carbonyl (C=O) groups excluding carboxylic acids is 1. The van der Waals surface area contributed by atoms with Gasteiger partial charge in [-0.15, -0.1) is 0 Å². The summed E-state index contributed by atoms with van der Waals surface area (Å²) in [5, 5.41) is 11.4. The van der Waals surface area contributed by atoms with Gasteiger partial charge in [0.15, 0.2) is 6.04 Å². The number of carboxylic acid groups (broad SMARTS) is 1. The van der Waals surface area contributed by atoms with E-state index in [1.165, 1.54) is 38.5 Å². The van der Waals surface area contributed by atoms with Crippen molar-refractivity contribution in [2.45, 2.75) is 90.7 Å². The SMILES string of the molecule is CCCCCCCCCCOCC(NC(=O)OC(C)(C)C)C(=O)O. The van der Waals surface area contributed by atoms with Gasteiger partial charge in [-0.3, -0.25) is 0 Å². The number of hydrogen-bond acceptors (Lipinski definition) is 4. The van der Waals surface area contributed by atoms with Gasteiger partial charge in [0.05, 0.1) is 6.61 Å². The first-order valence-corrected chi connectivity index (χ1v) is 9.06. The van der Waals surface area contributed by atoms with Gasteiger partial charge in [0, 0.05) is 6.61 Å². The molecule has 0 aliphatic rings. The molecule has 0 aliphatic carbocycles. The van der Waals surface area contributed by atoms with Crippen LogP contribution in [0.25, 0.3) is 0 Å². The minimum absolute atomic E-state index is 0.0505. The van der Waals surface area contributed by atoms with E-state index in [0.717, 1.165) is 12.8 Å². The summed E-state index contributed by atoms with van der Waals surface area (Å²) < 4.78 is 10.4. The van der Waals surface area contributed by atoms with E-state index in [4.69, 9.17) is 14.6 Å². The van der Waals surface area contributed by atoms with E-state index in [0.29, 0.717) is 6.61 Å². The third-order valence-corrected chi connectivity index (χ3v) is 3.42. The molecule has 0 aromatic heterocycles. The van der Waals surface area contributed by atoms with Crippen molar-refractivity contribution in [1.82, 2.24) is 5.32 Å². The van der Waals surface area contributed by atoms with Gasteiger partial charge in [-0.05, 0) is 27.2 Å². The Morgan fingerprint density at radius 2 is 1.54 bits per heavy atom. The van der Waals surface area contributed by atoms with Crippen molar-refractivity contribution in [3.63, 3.8) is 0 Å². The van der Waals surface area contributed by atoms with Crippen molar-refractivity contribution in [1.29, 1.82) is 0 Å². The number of rotatable bonds is 13. The van der Waals surface area contributed by atoms with Crippen LogP contribution < -0.4 is 5.32 Å². The Bertz CT molecular complexity index is 352. The summed E-state index contributed by atoms with van der Waals surface area (Å²) in [6.07, 6.45) is 8.85. The topological polar surface area (TPSA) is 84.9 Å². The summed E-state index contributed by atoms with van der Waals surface area (Å²) in [4.78, 5) is 22.7. The molecule has 142 valence electrons. The lowest BCUT2D eigenvalue weighted by atomic mass is 10.1. The maximum absolute atomic E-state index is 11.6. The summed E-state index contributed by atoms with van der Waals surface area (Å²) in [6, 6.07) is -1.09. The van der Waals surface area contributed by atoms with Crippen molar-refractivity contribution in [3.8, 4) is 0 Å². The van der Waals surface area contributed by atoms with Crippen LogP contribution in [0.4, 0.5) is 4.79 Å². The van der Waals surface area contributed by atoms with Gasteiger partial charge in [-0.1, -0.05) is 51.9 Å². The van der Waals surface area contributed by atoms with E-state index in [1.54, 1.807) is 20.8 Å². The quantitative estimate of drug-likeness (QED) is 0.490. The zero-order chi connectivity index (χ0) is 18.4. The number of amides is 1. The van der Waals surface area contributed by atoms with Crippen LogP contribution in [0, 0.1) is 0 Å². The lowest BCUT2D eigenvalue weighted by Crippen LogP contribution is -2.46. The molecule has 0 aromatic rings. The Hall–Kier alpha value is -1.30. The molecule has 0 radical (unpaired) electrons. The Morgan fingerprint density at radius 3 is 2.04 bits per heavy atom. The first-order chi connectivity index (χ1) is 11.3. The largest absolute Gasteiger partial charge is 0.480 e. The molecule has 0 aliphatic heterocycles. The Kier molecular flexibility index (Phi) is 12.3. The molecular weight excluding hydrogens is 310 g/mol. The van der Waals surface area contributed by atoms with E-state index in [1.807, 2.05) is 0 Å². The molecule has 0 bridgehead atoms. The second-order valence-corrected chi connectivity index (χ2v) is 7.09. The molecule has 1 atom stereocenters. The molecule has 1 unspecified atom stereocenters. The molecule has 6 heteroatoms. The molecule has 0 spiro atoms. The smallest absolute Gasteiger partial charge is 0.408 e. The molecule has 24 heavy (non-hydrogen) atoms. The highest BCUT2D eigenvalue weighted by molar-refractivity contribution is 5.80. The van der Waals surface area contributed by atoms with Gasteiger partial charge >= 0.3 is 12.1 Å². The summed E-state index contributed by atoms with van der Waals surface area (Å²) in [6.45, 7) is 7.84. The van der Waals surface area contributed by atoms with E-state index in [2.05, 4.69) is 12.2 Å². The van der Waals surface area contributed by atoms with Crippen LogP contribution in [-0.2, 0) is 14.3 Å². The van der Waals surface area contributed by atoms with Gasteiger partial charge in [0.25, 0.3) is 0 Å². The minimum atomic E-state index is -1.13. The van der Waals surface area contributed by atoms with Crippen LogP contribution in [-0.4, -0.2) is 42.0 Å². The first-order valence-electron chi connectivity index (χ1n) is 9.06. The minimum Gasteiger partial charge on any atom is -0.480 e. The summed E-state index contributed by atoms with van der Waals surface area (Å²) in [7, 11) is 0. The van der Waals surface area contributed by atoms with Crippen molar-refractivity contribution in [2.75, 3.05) is 13.2 Å². The summed E-state index contributed by atoms with van der Waals surface area (Å²) >= 11 is 0. The summed E-state index contributed by atoms with van der Waals surface area (Å²) in [5.41, 5.74) is -0.662. The van der Waals surface area contributed by atoms with Gasteiger partial charge in [0.1, 0.15) is 5.60 Å². The number of aliphatic carboxylic acids is 1. The maximum Gasteiger partial charge on any atom is 0.408 e. The monoisotopic (exact) mass is 345 g/mol. The molecule has 0 saturated carbocycles. The first kappa shape index (κ1) is 22.7. The highest BCUT2D eigenvalue weighted by atomic mass is 16.6. The number of carbonyl (C=O) groups is 2. The zero-order valence-corrected chi connectivity index (χ0v) is 15.7. The van der Waals surface area contributed by atoms with Crippen LogP contribution >= 0.6 is 0 Å². The Morgan fingerprint density at radius 1 is 1.00 bits per heavy atom. The van der Waals surface area contributed by atoms with Gasteiger partial charge in [-0.25, -0.2) is 9.59 Å². The van der Waals surface area contributed by atoms with Crippen molar-refractivity contribution < 1.29 is 24.2 Å². The lowest BCUT2D eigenvalue weighted by molar-refractivity contribution is -0.141. The molecule has 2 N–H and O–H groups in total. The standard InChI is InChI=1S/C18H35NO5/c1-5-6-7-8-9-10-11-12-13-23-14-15(16(20)21)19-17(22)24-18(2,3)4/h15H,5-14H2,1-4H3,(H,19,22)(H,20,21).